The third kappa shape index (κ3) is 1.58. The number of ether oxygens (including phenoxy) is 1. The zero-order valence-corrected chi connectivity index (χ0v) is 6.50. The number of nitrogens with two attached hydrogens (primary N) is 2. The molecule has 1 rings (SSSR count). The fraction of sp³-hybridized carbons (Fsp3) is 1.00. The van der Waals surface area contributed by atoms with Gasteiger partial charge in [-0.15, -0.1) is 0 Å². The second-order valence-electron chi connectivity index (χ2n) is 2.88. The van der Waals surface area contributed by atoms with Gasteiger partial charge in [-0.05, 0) is 0 Å². The fourth-order valence-electron chi connectivity index (χ4n) is 1.18. The van der Waals surface area contributed by atoms with E-state index in [2.05, 4.69) is 0 Å². The molecule has 12 heavy (non-hydrogen) atoms. The maximum absolute atomic E-state index is 9.30. The summed E-state index contributed by atoms with van der Waals surface area (Å²) >= 11 is 0. The van der Waals surface area contributed by atoms with Gasteiger partial charge in [0.2, 0.25) is 0 Å². The van der Waals surface area contributed by atoms with Crippen molar-refractivity contribution in [2.45, 2.75) is 30.6 Å². The van der Waals surface area contributed by atoms with E-state index in [0.717, 1.165) is 0 Å². The Bertz CT molecular complexity index is 152. The molecule has 0 saturated carbocycles. The van der Waals surface area contributed by atoms with Gasteiger partial charge in [-0.3, -0.25) is 0 Å². The van der Waals surface area contributed by atoms with Crippen LogP contribution in [0.1, 0.15) is 0 Å². The Morgan fingerprint density at radius 3 is 2.25 bits per heavy atom. The van der Waals surface area contributed by atoms with Crippen molar-refractivity contribution in [3.05, 3.63) is 0 Å². The highest BCUT2D eigenvalue weighted by Gasteiger charge is 2.40. The summed E-state index contributed by atoms with van der Waals surface area (Å²) in [5, 5.41) is 27.2. The first-order valence-corrected chi connectivity index (χ1v) is 3.71. The maximum atomic E-state index is 9.30. The van der Waals surface area contributed by atoms with Crippen LogP contribution >= 0.6 is 0 Å². The Morgan fingerprint density at radius 1 is 1.17 bits per heavy atom. The molecule has 7 N–H and O–H groups in total. The van der Waals surface area contributed by atoms with Crippen molar-refractivity contribution >= 4 is 0 Å². The largest absolute Gasteiger partial charge is 0.394 e. The molecule has 0 aromatic carbocycles. The predicted octanol–water partition coefficient (Wildman–Crippen LogP) is -3.29. The molecule has 5 unspecified atom stereocenters. The molecule has 0 aliphatic carbocycles. The number of aliphatic hydroxyl groups excluding tert-OH is 3. The third-order valence-electron chi connectivity index (χ3n) is 2.02. The molecule has 0 bridgehead atoms. The number of hydrogen-bond donors (Lipinski definition) is 5. The first-order valence-electron chi connectivity index (χ1n) is 3.71. The van der Waals surface area contributed by atoms with Crippen LogP contribution in [0.4, 0.5) is 0 Å². The standard InChI is InChI=1S/C6H14N2O4/c7-3-4(10)2(1-9)12-6(8)5(3)11/h2-6,9-11H,1,7-8H2. The summed E-state index contributed by atoms with van der Waals surface area (Å²) in [6.45, 7) is -0.366. The molecule has 6 heteroatoms. The van der Waals surface area contributed by atoms with Crippen LogP contribution in [0.15, 0.2) is 0 Å². The first kappa shape index (κ1) is 9.85. The Morgan fingerprint density at radius 2 is 1.75 bits per heavy atom. The highest BCUT2D eigenvalue weighted by molar-refractivity contribution is 4.92. The minimum Gasteiger partial charge on any atom is -0.394 e. The molecule has 1 aliphatic heterocycles. The molecule has 1 aliphatic rings. The van der Waals surface area contributed by atoms with Crippen LogP contribution in [-0.2, 0) is 4.74 Å². The second-order valence-corrected chi connectivity index (χ2v) is 2.88. The summed E-state index contributed by atoms with van der Waals surface area (Å²) in [6, 6.07) is -0.870. The van der Waals surface area contributed by atoms with Gasteiger partial charge in [-0.25, -0.2) is 0 Å². The summed E-state index contributed by atoms with van der Waals surface area (Å²) in [6.07, 6.45) is -3.92. The minimum absolute atomic E-state index is 0.366. The first-order chi connectivity index (χ1) is 5.57. The van der Waals surface area contributed by atoms with Gasteiger partial charge in [-0.2, -0.15) is 0 Å². The van der Waals surface area contributed by atoms with Crippen LogP contribution in [0.5, 0.6) is 0 Å². The Kier molecular flexibility index (Phi) is 2.99. The number of rotatable bonds is 1. The molecule has 5 atom stereocenters. The van der Waals surface area contributed by atoms with E-state index in [0.29, 0.717) is 0 Å². The monoisotopic (exact) mass is 178 g/mol. The van der Waals surface area contributed by atoms with E-state index in [9.17, 15) is 10.2 Å². The molecule has 6 nitrogen and oxygen atoms in total. The van der Waals surface area contributed by atoms with Gasteiger partial charge in [0, 0.05) is 0 Å². The lowest BCUT2D eigenvalue weighted by Crippen LogP contribution is -2.64. The number of aliphatic hydroxyl groups is 3. The van der Waals surface area contributed by atoms with E-state index in [1.165, 1.54) is 0 Å². The fourth-order valence-corrected chi connectivity index (χ4v) is 1.18. The summed E-state index contributed by atoms with van der Waals surface area (Å²) in [5.41, 5.74) is 10.7. The highest BCUT2D eigenvalue weighted by atomic mass is 16.5. The van der Waals surface area contributed by atoms with Crippen LogP contribution in [0.3, 0.4) is 0 Å². The average Bonchev–Trinajstić information content (AvgIpc) is 2.08. The van der Waals surface area contributed by atoms with Gasteiger partial charge in [0.15, 0.2) is 0 Å². The van der Waals surface area contributed by atoms with Gasteiger partial charge in [0.1, 0.15) is 24.5 Å². The van der Waals surface area contributed by atoms with Crippen LogP contribution in [-0.4, -0.2) is 52.5 Å². The molecule has 0 aromatic heterocycles. The zero-order valence-electron chi connectivity index (χ0n) is 6.50. The molecule has 1 saturated heterocycles. The van der Waals surface area contributed by atoms with Gasteiger partial charge in [-0.1, -0.05) is 0 Å². The van der Waals surface area contributed by atoms with Crippen molar-refractivity contribution in [3.63, 3.8) is 0 Å². The van der Waals surface area contributed by atoms with Crippen molar-refractivity contribution in [1.29, 1.82) is 0 Å². The molecule has 1 heterocycles. The van der Waals surface area contributed by atoms with Crippen LogP contribution in [0, 0.1) is 0 Å². The normalized spacial score (nSPS) is 49.2. The number of hydrogen-bond acceptors (Lipinski definition) is 6. The van der Waals surface area contributed by atoms with E-state index in [4.69, 9.17) is 21.3 Å². The van der Waals surface area contributed by atoms with E-state index in [1.54, 1.807) is 0 Å². The van der Waals surface area contributed by atoms with Crippen LogP contribution in [0.25, 0.3) is 0 Å². The maximum Gasteiger partial charge on any atom is 0.134 e. The van der Waals surface area contributed by atoms with Crippen molar-refractivity contribution in [3.8, 4) is 0 Å². The lowest BCUT2D eigenvalue weighted by Gasteiger charge is -2.38. The van der Waals surface area contributed by atoms with E-state index >= 15 is 0 Å². The molecule has 72 valence electrons. The van der Waals surface area contributed by atoms with Crippen LogP contribution in [0.2, 0.25) is 0 Å². The van der Waals surface area contributed by atoms with Crippen molar-refractivity contribution in [2.24, 2.45) is 11.5 Å². The van der Waals surface area contributed by atoms with E-state index in [1.807, 2.05) is 0 Å². The molecule has 0 aromatic rings. The molecule has 0 radical (unpaired) electrons. The topological polar surface area (TPSA) is 122 Å². The Labute approximate surface area is 69.7 Å². The van der Waals surface area contributed by atoms with Gasteiger partial charge < -0.3 is 31.5 Å². The minimum atomic E-state index is -1.09. The molecule has 0 spiro atoms. The summed E-state index contributed by atoms with van der Waals surface area (Å²) in [4.78, 5) is 0. The lowest BCUT2D eigenvalue weighted by molar-refractivity contribution is -0.186. The van der Waals surface area contributed by atoms with Crippen molar-refractivity contribution in [1.82, 2.24) is 0 Å². The zero-order chi connectivity index (χ0) is 9.30. The Balaban J connectivity index is 2.63. The van der Waals surface area contributed by atoms with Crippen LogP contribution < -0.4 is 11.5 Å². The van der Waals surface area contributed by atoms with Crippen molar-refractivity contribution in [2.75, 3.05) is 6.61 Å². The van der Waals surface area contributed by atoms with Crippen molar-refractivity contribution < 1.29 is 20.1 Å². The smallest absolute Gasteiger partial charge is 0.134 e. The molecule has 1 fully saturated rings. The van der Waals surface area contributed by atoms with Gasteiger partial charge >= 0.3 is 0 Å². The van der Waals surface area contributed by atoms with Gasteiger partial charge in [0.25, 0.3) is 0 Å². The molecular formula is C6H14N2O4. The van der Waals surface area contributed by atoms with Gasteiger partial charge in [0.05, 0.1) is 12.6 Å². The highest BCUT2D eigenvalue weighted by Crippen LogP contribution is 2.16. The summed E-state index contributed by atoms with van der Waals surface area (Å²) in [7, 11) is 0. The SMILES string of the molecule is NC1OC(CO)C(O)C(N)C1O. The summed E-state index contributed by atoms with van der Waals surface area (Å²) < 4.78 is 4.88. The van der Waals surface area contributed by atoms with E-state index in [-0.39, 0.29) is 6.61 Å². The third-order valence-corrected chi connectivity index (χ3v) is 2.02. The molecular weight excluding hydrogens is 164 g/mol. The second kappa shape index (κ2) is 3.65. The predicted molar refractivity (Wildman–Crippen MR) is 39.9 cm³/mol. The Hall–Kier alpha value is -0.240. The van der Waals surface area contributed by atoms with E-state index < -0.39 is 30.6 Å². The quantitative estimate of drug-likeness (QED) is 0.287. The summed E-state index contributed by atoms with van der Waals surface area (Å²) in [5.74, 6) is 0. The molecule has 0 amide bonds. The lowest BCUT2D eigenvalue weighted by atomic mass is 9.97. The average molecular weight is 178 g/mol.